The van der Waals surface area contributed by atoms with Crippen molar-refractivity contribution >= 4 is 5.91 Å². The standard InChI is InChI=1S/C9H17NO2/c1-3-5-9(12)10-8(2)6-4-7-11/h3,5,8,11H,4,6-7H2,1-2H3,(H,10,12). The Hall–Kier alpha value is -0.830. The molecule has 0 bridgehead atoms. The normalized spacial score (nSPS) is 13.2. The van der Waals surface area contributed by atoms with E-state index in [9.17, 15) is 4.79 Å². The molecule has 0 aliphatic heterocycles. The number of aliphatic hydroxyl groups is 1. The Balaban J connectivity index is 3.53. The summed E-state index contributed by atoms with van der Waals surface area (Å²) in [5.74, 6) is -0.0667. The van der Waals surface area contributed by atoms with E-state index in [0.717, 1.165) is 12.8 Å². The van der Waals surface area contributed by atoms with Crippen LogP contribution in [0.4, 0.5) is 0 Å². The number of aliphatic hydroxyl groups excluding tert-OH is 1. The first kappa shape index (κ1) is 11.2. The molecular weight excluding hydrogens is 154 g/mol. The van der Waals surface area contributed by atoms with Crippen LogP contribution in [0.2, 0.25) is 0 Å². The van der Waals surface area contributed by atoms with Gasteiger partial charge < -0.3 is 10.4 Å². The summed E-state index contributed by atoms with van der Waals surface area (Å²) >= 11 is 0. The number of carbonyl (C=O) groups is 1. The van der Waals surface area contributed by atoms with Crippen molar-refractivity contribution in [2.24, 2.45) is 0 Å². The molecule has 0 aromatic carbocycles. The molecule has 0 radical (unpaired) electrons. The molecule has 0 aromatic heterocycles. The second-order valence-corrected chi connectivity index (χ2v) is 2.78. The molecule has 12 heavy (non-hydrogen) atoms. The molecular formula is C9H17NO2. The molecule has 70 valence electrons. The average molecular weight is 171 g/mol. The van der Waals surface area contributed by atoms with Gasteiger partial charge >= 0.3 is 0 Å². The summed E-state index contributed by atoms with van der Waals surface area (Å²) in [5.41, 5.74) is 0. The van der Waals surface area contributed by atoms with Crippen molar-refractivity contribution in [3.63, 3.8) is 0 Å². The molecule has 0 rings (SSSR count). The second kappa shape index (κ2) is 6.85. The van der Waals surface area contributed by atoms with Crippen molar-refractivity contribution in [3.8, 4) is 0 Å². The Labute approximate surface area is 73.5 Å². The maximum Gasteiger partial charge on any atom is 0.243 e. The van der Waals surface area contributed by atoms with E-state index >= 15 is 0 Å². The molecule has 0 fully saturated rings. The van der Waals surface area contributed by atoms with Crippen molar-refractivity contribution in [2.75, 3.05) is 6.61 Å². The second-order valence-electron chi connectivity index (χ2n) is 2.78. The maximum atomic E-state index is 11.0. The van der Waals surface area contributed by atoms with E-state index in [4.69, 9.17) is 5.11 Å². The molecule has 0 spiro atoms. The summed E-state index contributed by atoms with van der Waals surface area (Å²) in [6.07, 6.45) is 4.75. The maximum absolute atomic E-state index is 11.0. The molecule has 0 saturated heterocycles. The van der Waals surface area contributed by atoms with Crippen LogP contribution in [0.3, 0.4) is 0 Å². The van der Waals surface area contributed by atoms with E-state index < -0.39 is 0 Å². The number of allylic oxidation sites excluding steroid dienone is 1. The van der Waals surface area contributed by atoms with Crippen molar-refractivity contribution in [1.82, 2.24) is 5.32 Å². The minimum atomic E-state index is -0.0667. The third-order valence-corrected chi connectivity index (χ3v) is 1.50. The summed E-state index contributed by atoms with van der Waals surface area (Å²) in [5, 5.41) is 11.3. The van der Waals surface area contributed by atoms with Crippen LogP contribution in [0, 0.1) is 0 Å². The van der Waals surface area contributed by atoms with Gasteiger partial charge in [0.05, 0.1) is 0 Å². The van der Waals surface area contributed by atoms with Gasteiger partial charge in [0.2, 0.25) is 5.91 Å². The average Bonchev–Trinajstić information content (AvgIpc) is 2.01. The van der Waals surface area contributed by atoms with E-state index in [1.54, 1.807) is 13.0 Å². The van der Waals surface area contributed by atoms with E-state index in [0.29, 0.717) is 0 Å². The Morgan fingerprint density at radius 3 is 2.83 bits per heavy atom. The van der Waals surface area contributed by atoms with E-state index in [1.165, 1.54) is 6.08 Å². The molecule has 1 unspecified atom stereocenters. The van der Waals surface area contributed by atoms with Crippen LogP contribution < -0.4 is 5.32 Å². The molecule has 3 heteroatoms. The summed E-state index contributed by atoms with van der Waals surface area (Å²) < 4.78 is 0. The highest BCUT2D eigenvalue weighted by Crippen LogP contribution is 1.94. The third kappa shape index (κ3) is 5.92. The van der Waals surface area contributed by atoms with Crippen molar-refractivity contribution in [2.45, 2.75) is 32.7 Å². The lowest BCUT2D eigenvalue weighted by atomic mass is 10.2. The van der Waals surface area contributed by atoms with Gasteiger partial charge in [-0.15, -0.1) is 0 Å². The summed E-state index contributed by atoms with van der Waals surface area (Å²) in [7, 11) is 0. The SMILES string of the molecule is CC=CC(=O)NC(C)CCCO. The first-order chi connectivity index (χ1) is 5.70. The van der Waals surface area contributed by atoms with E-state index in [2.05, 4.69) is 5.32 Å². The number of hydrogen-bond acceptors (Lipinski definition) is 2. The number of amides is 1. The monoisotopic (exact) mass is 171 g/mol. The number of hydrogen-bond donors (Lipinski definition) is 2. The fraction of sp³-hybridized carbons (Fsp3) is 0.667. The molecule has 0 aliphatic carbocycles. The zero-order valence-electron chi connectivity index (χ0n) is 7.71. The zero-order valence-corrected chi connectivity index (χ0v) is 7.71. The van der Waals surface area contributed by atoms with Gasteiger partial charge in [-0.05, 0) is 32.8 Å². The van der Waals surface area contributed by atoms with Crippen LogP contribution in [-0.4, -0.2) is 23.7 Å². The number of nitrogens with one attached hydrogen (secondary N) is 1. The number of carbonyl (C=O) groups excluding carboxylic acids is 1. The smallest absolute Gasteiger partial charge is 0.243 e. The van der Waals surface area contributed by atoms with Crippen LogP contribution in [0.1, 0.15) is 26.7 Å². The Bertz CT molecular complexity index is 155. The van der Waals surface area contributed by atoms with Crippen LogP contribution in [0.15, 0.2) is 12.2 Å². The largest absolute Gasteiger partial charge is 0.396 e. The fourth-order valence-electron chi connectivity index (χ4n) is 0.912. The minimum absolute atomic E-state index is 0.0667. The van der Waals surface area contributed by atoms with Gasteiger partial charge in [0.1, 0.15) is 0 Å². The Morgan fingerprint density at radius 1 is 1.67 bits per heavy atom. The van der Waals surface area contributed by atoms with Crippen LogP contribution >= 0.6 is 0 Å². The molecule has 3 nitrogen and oxygen atoms in total. The number of rotatable bonds is 5. The first-order valence-corrected chi connectivity index (χ1v) is 4.24. The molecule has 0 saturated carbocycles. The van der Waals surface area contributed by atoms with Gasteiger partial charge in [-0.3, -0.25) is 4.79 Å². The van der Waals surface area contributed by atoms with Crippen LogP contribution in [-0.2, 0) is 4.79 Å². The van der Waals surface area contributed by atoms with Gasteiger partial charge in [-0.2, -0.15) is 0 Å². The van der Waals surface area contributed by atoms with Gasteiger partial charge in [0.15, 0.2) is 0 Å². The zero-order chi connectivity index (χ0) is 9.40. The van der Waals surface area contributed by atoms with E-state index in [1.807, 2.05) is 6.92 Å². The van der Waals surface area contributed by atoms with Gasteiger partial charge in [-0.25, -0.2) is 0 Å². The van der Waals surface area contributed by atoms with Gasteiger partial charge in [0, 0.05) is 12.6 Å². The Morgan fingerprint density at radius 2 is 2.33 bits per heavy atom. The van der Waals surface area contributed by atoms with Crippen LogP contribution in [0.25, 0.3) is 0 Å². The minimum Gasteiger partial charge on any atom is -0.396 e. The predicted octanol–water partition coefficient (Wildman–Crippen LogP) is 0.840. The molecule has 0 aliphatic rings. The lowest BCUT2D eigenvalue weighted by Crippen LogP contribution is -2.31. The fourth-order valence-corrected chi connectivity index (χ4v) is 0.912. The molecule has 0 heterocycles. The summed E-state index contributed by atoms with van der Waals surface area (Å²) in [6, 6.07) is 0.140. The molecule has 2 N–H and O–H groups in total. The highest BCUT2D eigenvalue weighted by molar-refractivity contribution is 5.87. The van der Waals surface area contributed by atoms with Crippen molar-refractivity contribution in [3.05, 3.63) is 12.2 Å². The molecule has 0 aromatic rings. The van der Waals surface area contributed by atoms with Gasteiger partial charge in [0.25, 0.3) is 0 Å². The Kier molecular flexibility index (Phi) is 6.38. The third-order valence-electron chi connectivity index (χ3n) is 1.50. The highest BCUT2D eigenvalue weighted by atomic mass is 16.2. The van der Waals surface area contributed by atoms with Crippen molar-refractivity contribution in [1.29, 1.82) is 0 Å². The lowest BCUT2D eigenvalue weighted by Gasteiger charge is -2.10. The molecule has 1 atom stereocenters. The summed E-state index contributed by atoms with van der Waals surface area (Å²) in [4.78, 5) is 11.0. The lowest BCUT2D eigenvalue weighted by molar-refractivity contribution is -0.117. The van der Waals surface area contributed by atoms with Crippen LogP contribution in [0.5, 0.6) is 0 Å². The summed E-state index contributed by atoms with van der Waals surface area (Å²) in [6.45, 7) is 3.92. The predicted molar refractivity (Wildman–Crippen MR) is 48.7 cm³/mol. The molecule has 1 amide bonds. The van der Waals surface area contributed by atoms with Crippen molar-refractivity contribution < 1.29 is 9.90 Å². The highest BCUT2D eigenvalue weighted by Gasteiger charge is 2.02. The quantitative estimate of drug-likeness (QED) is 0.602. The topological polar surface area (TPSA) is 49.3 Å². The van der Waals surface area contributed by atoms with E-state index in [-0.39, 0.29) is 18.6 Å². The van der Waals surface area contributed by atoms with Gasteiger partial charge in [-0.1, -0.05) is 6.08 Å². The first-order valence-electron chi connectivity index (χ1n) is 4.24.